The lowest BCUT2D eigenvalue weighted by atomic mass is 10.2. The summed E-state index contributed by atoms with van der Waals surface area (Å²) in [4.78, 5) is 32.9. The van der Waals surface area contributed by atoms with Gasteiger partial charge in [0.2, 0.25) is 0 Å². The van der Waals surface area contributed by atoms with Gasteiger partial charge in [-0.1, -0.05) is 6.07 Å². The predicted molar refractivity (Wildman–Crippen MR) is 104 cm³/mol. The van der Waals surface area contributed by atoms with E-state index >= 15 is 0 Å². The molecule has 11 heteroatoms. The summed E-state index contributed by atoms with van der Waals surface area (Å²) in [6.45, 7) is 1.57. The highest BCUT2D eigenvalue weighted by Crippen LogP contribution is 2.30. The predicted octanol–water partition coefficient (Wildman–Crippen LogP) is 3.94. The molecule has 1 heterocycles. The van der Waals surface area contributed by atoms with E-state index in [0.717, 1.165) is 12.1 Å². The van der Waals surface area contributed by atoms with E-state index in [1.165, 1.54) is 30.3 Å². The van der Waals surface area contributed by atoms with Gasteiger partial charge < -0.3 is 19.6 Å². The fourth-order valence-corrected chi connectivity index (χ4v) is 2.54. The molecule has 0 radical (unpaired) electrons. The van der Waals surface area contributed by atoms with Gasteiger partial charge in [-0.3, -0.25) is 25.0 Å². The Hall–Kier alpha value is -4.41. The maximum absolute atomic E-state index is 12.3. The highest BCUT2D eigenvalue weighted by molar-refractivity contribution is 6.03. The molecule has 0 unspecified atom stereocenters. The molecule has 0 aliphatic carbocycles. The van der Waals surface area contributed by atoms with Gasteiger partial charge in [0.15, 0.2) is 11.5 Å². The number of aryl methyl sites for hydroxylation is 1. The van der Waals surface area contributed by atoms with Crippen molar-refractivity contribution in [3.8, 4) is 11.5 Å². The number of non-ortho nitro benzene ring substituents is 1. The minimum absolute atomic E-state index is 0.0323. The number of nitro benzene ring substituents is 2. The number of amides is 1. The normalized spacial score (nSPS) is 10.4. The van der Waals surface area contributed by atoms with E-state index < -0.39 is 21.5 Å². The monoisotopic (exact) mass is 413 g/mol. The maximum atomic E-state index is 12.3. The standard InChI is InChI=1S/C19H15N3O8/c1-11-2-6-17(15(8-11)22(27)28)29-10-13-4-7-18(30-13)19(24)20-14-5-3-12(21(25)26)9-16(14)23/h2-9,23H,10H2,1H3,(H,20,24). The zero-order chi connectivity index (χ0) is 21.8. The highest BCUT2D eigenvalue weighted by atomic mass is 16.6. The number of nitrogens with zero attached hydrogens (tertiary/aromatic N) is 2. The first-order valence-corrected chi connectivity index (χ1v) is 8.50. The van der Waals surface area contributed by atoms with Gasteiger partial charge in [-0.2, -0.15) is 0 Å². The van der Waals surface area contributed by atoms with Crippen LogP contribution >= 0.6 is 0 Å². The number of rotatable bonds is 7. The van der Waals surface area contributed by atoms with Crippen molar-refractivity contribution in [2.24, 2.45) is 0 Å². The Bertz CT molecular complexity index is 1140. The van der Waals surface area contributed by atoms with Crippen molar-refractivity contribution in [3.05, 3.63) is 85.8 Å². The number of furan rings is 1. The molecule has 3 rings (SSSR count). The topological polar surface area (TPSA) is 158 Å². The van der Waals surface area contributed by atoms with Crippen LogP contribution in [0, 0.1) is 27.2 Å². The summed E-state index contributed by atoms with van der Waals surface area (Å²) in [5, 5.41) is 34.0. The third-order valence-electron chi connectivity index (χ3n) is 4.01. The van der Waals surface area contributed by atoms with Crippen LogP contribution < -0.4 is 10.1 Å². The lowest BCUT2D eigenvalue weighted by Crippen LogP contribution is -2.11. The first kappa shape index (κ1) is 20.3. The van der Waals surface area contributed by atoms with Crippen molar-refractivity contribution in [1.82, 2.24) is 0 Å². The number of anilines is 1. The van der Waals surface area contributed by atoms with Gasteiger partial charge in [-0.25, -0.2) is 0 Å². The van der Waals surface area contributed by atoms with E-state index in [0.29, 0.717) is 5.56 Å². The summed E-state index contributed by atoms with van der Waals surface area (Å²) >= 11 is 0. The molecular formula is C19H15N3O8. The number of hydrogen-bond donors (Lipinski definition) is 2. The number of hydrogen-bond acceptors (Lipinski definition) is 8. The van der Waals surface area contributed by atoms with Crippen LogP contribution in [0.5, 0.6) is 11.5 Å². The maximum Gasteiger partial charge on any atom is 0.311 e. The van der Waals surface area contributed by atoms with Crippen LogP contribution in [0.25, 0.3) is 0 Å². The van der Waals surface area contributed by atoms with Crippen LogP contribution in [0.1, 0.15) is 21.9 Å². The van der Waals surface area contributed by atoms with Crippen molar-refractivity contribution < 1.29 is 28.9 Å². The molecule has 1 amide bonds. The summed E-state index contributed by atoms with van der Waals surface area (Å²) in [6.07, 6.45) is 0. The zero-order valence-electron chi connectivity index (χ0n) is 15.5. The van der Waals surface area contributed by atoms with Gasteiger partial charge in [0.1, 0.15) is 18.1 Å². The Morgan fingerprint density at radius 2 is 1.87 bits per heavy atom. The van der Waals surface area contributed by atoms with Crippen molar-refractivity contribution in [1.29, 1.82) is 0 Å². The molecule has 0 fully saturated rings. The summed E-state index contributed by atoms with van der Waals surface area (Å²) < 4.78 is 10.8. The highest BCUT2D eigenvalue weighted by Gasteiger charge is 2.18. The lowest BCUT2D eigenvalue weighted by molar-refractivity contribution is -0.386. The van der Waals surface area contributed by atoms with Gasteiger partial charge in [0.05, 0.1) is 21.6 Å². The molecule has 0 saturated heterocycles. The van der Waals surface area contributed by atoms with E-state index in [9.17, 15) is 30.1 Å². The first-order chi connectivity index (χ1) is 14.2. The minimum Gasteiger partial charge on any atom is -0.506 e. The average molecular weight is 413 g/mol. The van der Waals surface area contributed by atoms with Crippen LogP contribution in [-0.2, 0) is 6.61 Å². The molecule has 0 spiro atoms. The van der Waals surface area contributed by atoms with E-state index in [4.69, 9.17) is 9.15 Å². The second kappa shape index (κ2) is 8.31. The van der Waals surface area contributed by atoms with E-state index in [-0.39, 0.29) is 40.9 Å². The van der Waals surface area contributed by atoms with Gasteiger partial charge in [0, 0.05) is 12.1 Å². The van der Waals surface area contributed by atoms with Gasteiger partial charge in [0.25, 0.3) is 11.6 Å². The quantitative estimate of drug-likeness (QED) is 0.335. The van der Waals surface area contributed by atoms with Gasteiger partial charge >= 0.3 is 5.69 Å². The molecule has 2 N–H and O–H groups in total. The second-order valence-electron chi connectivity index (χ2n) is 6.20. The average Bonchev–Trinajstić information content (AvgIpc) is 3.17. The van der Waals surface area contributed by atoms with E-state index in [1.807, 2.05) is 0 Å². The van der Waals surface area contributed by atoms with Crippen LogP contribution in [0.3, 0.4) is 0 Å². The van der Waals surface area contributed by atoms with Crippen LogP contribution in [0.15, 0.2) is 52.9 Å². The van der Waals surface area contributed by atoms with Gasteiger partial charge in [-0.15, -0.1) is 0 Å². The molecule has 30 heavy (non-hydrogen) atoms. The van der Waals surface area contributed by atoms with E-state index in [1.54, 1.807) is 13.0 Å². The largest absolute Gasteiger partial charge is 0.506 e. The lowest BCUT2D eigenvalue weighted by Gasteiger charge is -2.06. The van der Waals surface area contributed by atoms with Crippen LogP contribution in [0.2, 0.25) is 0 Å². The van der Waals surface area contributed by atoms with Crippen molar-refractivity contribution >= 4 is 23.0 Å². The number of aromatic hydroxyl groups is 1. The van der Waals surface area contributed by atoms with Crippen molar-refractivity contribution in [3.63, 3.8) is 0 Å². The molecule has 0 bridgehead atoms. The number of phenolic OH excluding ortho intramolecular Hbond substituents is 1. The minimum atomic E-state index is -0.702. The molecule has 0 atom stereocenters. The number of carbonyl (C=O) groups excluding carboxylic acids is 1. The fourth-order valence-electron chi connectivity index (χ4n) is 2.54. The van der Waals surface area contributed by atoms with Gasteiger partial charge in [-0.05, 0) is 36.8 Å². The third kappa shape index (κ3) is 4.52. The second-order valence-corrected chi connectivity index (χ2v) is 6.20. The molecule has 3 aromatic rings. The molecule has 0 saturated carbocycles. The summed E-state index contributed by atoms with van der Waals surface area (Å²) in [7, 11) is 0. The molecule has 1 aromatic heterocycles. The van der Waals surface area contributed by atoms with Crippen molar-refractivity contribution in [2.75, 3.05) is 5.32 Å². The molecule has 2 aromatic carbocycles. The summed E-state index contributed by atoms with van der Waals surface area (Å²) in [5.41, 5.74) is 0.164. The van der Waals surface area contributed by atoms with Crippen LogP contribution in [-0.4, -0.2) is 20.9 Å². The summed E-state index contributed by atoms with van der Waals surface area (Å²) in [5.74, 6) is -0.984. The Balaban J connectivity index is 1.67. The molecule has 0 aliphatic rings. The number of phenols is 1. The van der Waals surface area contributed by atoms with E-state index in [2.05, 4.69) is 5.32 Å². The third-order valence-corrected chi connectivity index (χ3v) is 4.01. The molecule has 11 nitrogen and oxygen atoms in total. The number of ether oxygens (including phenoxy) is 1. The Kier molecular flexibility index (Phi) is 5.63. The smallest absolute Gasteiger partial charge is 0.311 e. The van der Waals surface area contributed by atoms with Crippen LogP contribution in [0.4, 0.5) is 17.1 Å². The molecule has 0 aliphatic heterocycles. The zero-order valence-corrected chi connectivity index (χ0v) is 15.5. The number of benzene rings is 2. The fraction of sp³-hybridized carbons (Fsp3) is 0.105. The summed E-state index contributed by atoms with van der Waals surface area (Å²) in [6, 6.07) is 10.6. The SMILES string of the molecule is Cc1ccc(OCc2ccc(C(=O)Nc3ccc([N+](=O)[O-])cc3O)o2)c([N+](=O)[O-])c1. The first-order valence-electron chi connectivity index (χ1n) is 8.50. The Morgan fingerprint density at radius 3 is 2.53 bits per heavy atom. The Morgan fingerprint density at radius 1 is 1.10 bits per heavy atom. The number of carbonyl (C=O) groups is 1. The number of nitro groups is 2. The number of nitrogens with one attached hydrogen (secondary N) is 1. The molecular weight excluding hydrogens is 398 g/mol. The van der Waals surface area contributed by atoms with Crippen molar-refractivity contribution in [2.45, 2.75) is 13.5 Å². The molecule has 154 valence electrons. The Labute approximate surface area is 168 Å².